The third-order valence-electron chi connectivity index (χ3n) is 3.75. The summed E-state index contributed by atoms with van der Waals surface area (Å²) in [6.07, 6.45) is -0.0643. The Balaban J connectivity index is 2.42. The average Bonchev–Trinajstić information content (AvgIpc) is 2.91. The van der Waals surface area contributed by atoms with Crippen LogP contribution in [0.25, 0.3) is 0 Å². The molecule has 150 valence electrons. The van der Waals surface area contributed by atoms with Crippen molar-refractivity contribution in [3.05, 3.63) is 66.9 Å². The van der Waals surface area contributed by atoms with E-state index in [2.05, 4.69) is 18.2 Å². The second-order valence-corrected chi connectivity index (χ2v) is 6.82. The molecule has 0 bridgehead atoms. The minimum atomic E-state index is -4.85. The van der Waals surface area contributed by atoms with Gasteiger partial charge < -0.3 is 4.74 Å². The first-order valence-corrected chi connectivity index (χ1v) is 9.06. The number of alkyl halides is 3. The molecule has 1 heterocycles. The molecule has 0 radical (unpaired) electrons. The van der Waals surface area contributed by atoms with E-state index in [9.17, 15) is 22.4 Å². The van der Waals surface area contributed by atoms with Gasteiger partial charge in [0.05, 0.1) is 29.3 Å². The zero-order chi connectivity index (χ0) is 20.9. The number of carbonyl (C=O) groups is 1. The molecule has 0 spiro atoms. The highest BCUT2D eigenvalue weighted by molar-refractivity contribution is 8.15. The van der Waals surface area contributed by atoms with Crippen LogP contribution in [0.5, 0.6) is 0 Å². The van der Waals surface area contributed by atoms with Gasteiger partial charge in [0.25, 0.3) is 0 Å². The van der Waals surface area contributed by atoms with Crippen LogP contribution in [0.3, 0.4) is 0 Å². The molecule has 1 saturated heterocycles. The number of hydrogen-bond acceptors (Lipinski definition) is 4. The molecule has 0 aromatic heterocycles. The van der Waals surface area contributed by atoms with Gasteiger partial charge in [-0.2, -0.15) is 13.2 Å². The predicted molar refractivity (Wildman–Crippen MR) is 101 cm³/mol. The number of ether oxygens (including phenoxy) is 1. The lowest BCUT2D eigenvalue weighted by molar-refractivity contribution is -0.140. The molecule has 1 atom stereocenters. The van der Waals surface area contributed by atoms with Crippen LogP contribution < -0.4 is 0 Å². The summed E-state index contributed by atoms with van der Waals surface area (Å²) in [5.74, 6) is -1.23. The fourth-order valence-electron chi connectivity index (χ4n) is 2.41. The van der Waals surface area contributed by atoms with Gasteiger partial charge >= 0.3 is 6.18 Å². The second kappa shape index (κ2) is 9.09. The normalized spacial score (nSPS) is 19.2. The van der Waals surface area contributed by atoms with Crippen molar-refractivity contribution in [3.63, 3.8) is 0 Å². The number of carbonyl (C=O) groups excluding carboxylic acids is 1. The minimum absolute atomic E-state index is 0.0359. The molecular formula is C19H18F4N2O2S. The lowest BCUT2D eigenvalue weighted by Gasteiger charge is -2.18. The van der Waals surface area contributed by atoms with Crippen LogP contribution in [0.2, 0.25) is 0 Å². The van der Waals surface area contributed by atoms with Crippen molar-refractivity contribution < 1.29 is 27.1 Å². The molecule has 1 fully saturated rings. The quantitative estimate of drug-likeness (QED) is 0.340. The Morgan fingerprint density at radius 1 is 1.39 bits per heavy atom. The van der Waals surface area contributed by atoms with Gasteiger partial charge in [-0.05, 0) is 37.6 Å². The van der Waals surface area contributed by atoms with Gasteiger partial charge in [-0.1, -0.05) is 24.4 Å². The van der Waals surface area contributed by atoms with Crippen molar-refractivity contribution in [1.82, 2.24) is 4.90 Å². The van der Waals surface area contributed by atoms with E-state index < -0.39 is 22.8 Å². The molecule has 4 nitrogen and oxygen atoms in total. The average molecular weight is 414 g/mol. The van der Waals surface area contributed by atoms with Crippen LogP contribution >= 0.6 is 11.8 Å². The van der Waals surface area contributed by atoms with Crippen molar-refractivity contribution in [3.8, 4) is 0 Å². The fraction of sp³-hybridized carbons (Fsp3) is 0.263. The van der Waals surface area contributed by atoms with Crippen LogP contribution in [-0.4, -0.2) is 27.8 Å². The van der Waals surface area contributed by atoms with Crippen molar-refractivity contribution in [2.45, 2.75) is 24.8 Å². The molecule has 28 heavy (non-hydrogen) atoms. The molecular weight excluding hydrogens is 396 g/mol. The molecule has 2 rings (SSSR count). The molecule has 1 aliphatic rings. The van der Waals surface area contributed by atoms with Crippen LogP contribution in [0.4, 0.5) is 23.2 Å². The summed E-state index contributed by atoms with van der Waals surface area (Å²) in [4.78, 5) is 18.1. The highest BCUT2D eigenvalue weighted by Gasteiger charge is 2.38. The van der Waals surface area contributed by atoms with E-state index in [1.54, 1.807) is 19.1 Å². The van der Waals surface area contributed by atoms with Gasteiger partial charge in [0, 0.05) is 0 Å². The first-order chi connectivity index (χ1) is 13.2. The first-order valence-electron chi connectivity index (χ1n) is 8.18. The molecule has 1 unspecified atom stereocenters. The van der Waals surface area contributed by atoms with Crippen LogP contribution in [0.1, 0.15) is 18.9 Å². The fourth-order valence-corrected chi connectivity index (χ4v) is 3.57. The number of allylic oxidation sites excluding steroid dienone is 2. The lowest BCUT2D eigenvalue weighted by Crippen LogP contribution is -2.34. The summed E-state index contributed by atoms with van der Waals surface area (Å²) >= 11 is 1.11. The summed E-state index contributed by atoms with van der Waals surface area (Å²) in [6, 6.07) is 2.44. The Morgan fingerprint density at radius 3 is 2.68 bits per heavy atom. The van der Waals surface area contributed by atoms with Gasteiger partial charge in [-0.15, -0.1) is 6.58 Å². The number of amidine groups is 1. The van der Waals surface area contributed by atoms with Crippen LogP contribution in [0, 0.1) is 5.82 Å². The predicted octanol–water partition coefficient (Wildman–Crippen LogP) is 5.42. The van der Waals surface area contributed by atoms with Crippen molar-refractivity contribution in [2.75, 3.05) is 6.54 Å². The first kappa shape index (κ1) is 21.7. The zero-order valence-corrected chi connectivity index (χ0v) is 15.8. The van der Waals surface area contributed by atoms with Crippen molar-refractivity contribution in [1.29, 1.82) is 0 Å². The highest BCUT2D eigenvalue weighted by atomic mass is 32.2. The van der Waals surface area contributed by atoms with Gasteiger partial charge in [0.15, 0.2) is 5.17 Å². The topological polar surface area (TPSA) is 41.9 Å². The van der Waals surface area contributed by atoms with Gasteiger partial charge in [0.1, 0.15) is 11.6 Å². The molecule has 9 heteroatoms. The third kappa shape index (κ3) is 5.03. The lowest BCUT2D eigenvalue weighted by atomic mass is 10.2. The van der Waals surface area contributed by atoms with E-state index in [1.165, 1.54) is 11.2 Å². The van der Waals surface area contributed by atoms with E-state index in [1.807, 2.05) is 0 Å². The molecule has 1 aromatic carbocycles. The Kier molecular flexibility index (Phi) is 7.06. The Morgan fingerprint density at radius 2 is 2.11 bits per heavy atom. The van der Waals surface area contributed by atoms with E-state index in [-0.39, 0.29) is 23.3 Å². The largest absolute Gasteiger partial charge is 0.468 e. The summed E-state index contributed by atoms with van der Waals surface area (Å²) in [7, 11) is 0. The summed E-state index contributed by atoms with van der Waals surface area (Å²) in [6.45, 7) is 8.81. The second-order valence-electron chi connectivity index (χ2n) is 5.65. The Labute approximate surface area is 164 Å². The smallest absolute Gasteiger partial charge is 0.419 e. The maximum Gasteiger partial charge on any atom is 0.419 e. The van der Waals surface area contributed by atoms with E-state index in [0.717, 1.165) is 17.8 Å². The number of rotatable bonds is 7. The SMILES string of the molecule is C=CCC1SC(=Nc2ccc(F)c(C(F)(F)F)c2)N(C/C(=C/C)OC=C)C1=O. The monoisotopic (exact) mass is 414 g/mol. The third-order valence-corrected chi connectivity index (χ3v) is 4.95. The van der Waals surface area contributed by atoms with Crippen molar-refractivity contribution >= 4 is 28.5 Å². The number of benzene rings is 1. The number of thioether (sulfide) groups is 1. The Hall–Kier alpha value is -2.55. The summed E-state index contributed by atoms with van der Waals surface area (Å²) in [5.41, 5.74) is -1.53. The molecule has 1 aliphatic heterocycles. The maximum atomic E-state index is 13.5. The number of nitrogens with zero attached hydrogens (tertiary/aromatic N) is 2. The zero-order valence-electron chi connectivity index (χ0n) is 15.0. The van der Waals surface area contributed by atoms with E-state index >= 15 is 0 Å². The molecule has 0 N–H and O–H groups in total. The molecule has 0 aliphatic carbocycles. The minimum Gasteiger partial charge on any atom is -0.468 e. The van der Waals surface area contributed by atoms with Crippen LogP contribution in [0.15, 0.2) is 60.5 Å². The van der Waals surface area contributed by atoms with Gasteiger partial charge in [-0.25, -0.2) is 9.38 Å². The van der Waals surface area contributed by atoms with E-state index in [4.69, 9.17) is 4.74 Å². The number of aliphatic imine (C=N–C) groups is 1. The van der Waals surface area contributed by atoms with Crippen molar-refractivity contribution in [2.24, 2.45) is 4.99 Å². The maximum absolute atomic E-state index is 13.5. The molecule has 0 saturated carbocycles. The van der Waals surface area contributed by atoms with Crippen LogP contribution in [-0.2, 0) is 15.7 Å². The summed E-state index contributed by atoms with van der Waals surface area (Å²) < 4.78 is 57.6. The highest BCUT2D eigenvalue weighted by Crippen LogP contribution is 2.36. The number of hydrogen-bond donors (Lipinski definition) is 0. The number of halogens is 4. The molecule has 1 amide bonds. The van der Waals surface area contributed by atoms with Gasteiger partial charge in [-0.3, -0.25) is 9.69 Å². The summed E-state index contributed by atoms with van der Waals surface area (Å²) in [5, 5.41) is -0.302. The Bertz CT molecular complexity index is 834. The number of amides is 1. The molecule has 1 aromatic rings. The standard InChI is InChI=1S/C19H18F4N2O2S/c1-4-7-16-17(26)25(11-13(5-2)27-6-3)18(28-16)24-12-8-9-15(20)14(10-12)19(21,22)23/h4-6,8-10,16H,1,3,7,11H2,2H3/b13-5-,24-18?. The van der Waals surface area contributed by atoms with Gasteiger partial charge in [0.2, 0.25) is 5.91 Å². The van der Waals surface area contributed by atoms with E-state index in [0.29, 0.717) is 24.3 Å².